The summed E-state index contributed by atoms with van der Waals surface area (Å²) in [5, 5.41) is 4.21. The fourth-order valence-corrected chi connectivity index (χ4v) is 2.50. The normalized spacial score (nSPS) is 15.2. The van der Waals surface area contributed by atoms with E-state index in [1.165, 1.54) is 0 Å². The van der Waals surface area contributed by atoms with Gasteiger partial charge in [0.2, 0.25) is 0 Å². The van der Waals surface area contributed by atoms with E-state index in [-0.39, 0.29) is 6.10 Å². The maximum absolute atomic E-state index is 11.8. The van der Waals surface area contributed by atoms with E-state index in [0.29, 0.717) is 5.56 Å². The molecule has 120 valence electrons. The molecule has 1 aromatic carbocycles. The molecular formula is C16H20O6. The van der Waals surface area contributed by atoms with E-state index in [1.807, 2.05) is 13.0 Å². The molecule has 0 atom stereocenters. The predicted octanol–water partition coefficient (Wildman–Crippen LogP) is 3.79. The van der Waals surface area contributed by atoms with Crippen LogP contribution in [-0.2, 0) is 19.6 Å². The predicted molar refractivity (Wildman–Crippen MR) is 76.9 cm³/mol. The topological polar surface area (TPSA) is 71.1 Å². The number of ether oxygens (including phenoxy) is 1. The first-order valence-electron chi connectivity index (χ1n) is 7.39. The SMILES string of the molecule is Cc1ccc(C(=O)OOOC(=O)OC2CCCCC2)c(C)c1. The van der Waals surface area contributed by atoms with Gasteiger partial charge in [0, 0.05) is 0 Å². The van der Waals surface area contributed by atoms with Crippen LogP contribution in [-0.4, -0.2) is 18.2 Å². The summed E-state index contributed by atoms with van der Waals surface area (Å²) in [5.74, 6) is -0.733. The van der Waals surface area contributed by atoms with Crippen LogP contribution in [0.5, 0.6) is 0 Å². The van der Waals surface area contributed by atoms with Crippen molar-refractivity contribution >= 4 is 12.1 Å². The van der Waals surface area contributed by atoms with Gasteiger partial charge in [-0.1, -0.05) is 24.1 Å². The zero-order valence-electron chi connectivity index (χ0n) is 12.8. The molecule has 1 saturated carbocycles. The molecular weight excluding hydrogens is 288 g/mol. The zero-order valence-corrected chi connectivity index (χ0v) is 12.8. The first-order chi connectivity index (χ1) is 10.6. The molecule has 22 heavy (non-hydrogen) atoms. The summed E-state index contributed by atoms with van der Waals surface area (Å²) in [4.78, 5) is 31.9. The molecule has 0 aromatic heterocycles. The highest BCUT2D eigenvalue weighted by Crippen LogP contribution is 2.20. The summed E-state index contributed by atoms with van der Waals surface area (Å²) < 4.78 is 5.04. The monoisotopic (exact) mass is 308 g/mol. The van der Waals surface area contributed by atoms with Crippen molar-refractivity contribution in [3.63, 3.8) is 0 Å². The molecule has 0 N–H and O–H groups in total. The van der Waals surface area contributed by atoms with Crippen molar-refractivity contribution in [2.24, 2.45) is 0 Å². The second-order valence-corrected chi connectivity index (χ2v) is 5.47. The number of carbonyl (C=O) groups excluding carboxylic acids is 2. The Bertz CT molecular complexity index is 533. The molecule has 0 heterocycles. The lowest BCUT2D eigenvalue weighted by Gasteiger charge is -2.20. The van der Waals surface area contributed by atoms with Crippen LogP contribution in [0.4, 0.5) is 4.79 Å². The summed E-state index contributed by atoms with van der Waals surface area (Å²) in [6, 6.07) is 5.24. The average molecular weight is 308 g/mol. The van der Waals surface area contributed by atoms with Crippen molar-refractivity contribution in [2.75, 3.05) is 0 Å². The Kier molecular flexibility index (Phi) is 5.77. The van der Waals surface area contributed by atoms with E-state index in [9.17, 15) is 9.59 Å². The van der Waals surface area contributed by atoms with Crippen LogP contribution in [0, 0.1) is 13.8 Å². The van der Waals surface area contributed by atoms with E-state index in [1.54, 1.807) is 19.1 Å². The summed E-state index contributed by atoms with van der Waals surface area (Å²) in [6.45, 7) is 3.70. The Balaban J connectivity index is 1.73. The highest BCUT2D eigenvalue weighted by Gasteiger charge is 2.20. The van der Waals surface area contributed by atoms with Crippen molar-refractivity contribution in [3.8, 4) is 0 Å². The third-order valence-electron chi connectivity index (χ3n) is 3.63. The zero-order chi connectivity index (χ0) is 15.9. The second-order valence-electron chi connectivity index (χ2n) is 5.47. The Morgan fingerprint density at radius 1 is 1.05 bits per heavy atom. The van der Waals surface area contributed by atoms with Crippen molar-refractivity contribution in [1.29, 1.82) is 0 Å². The third-order valence-corrected chi connectivity index (χ3v) is 3.63. The Morgan fingerprint density at radius 2 is 1.77 bits per heavy atom. The quantitative estimate of drug-likeness (QED) is 0.479. The van der Waals surface area contributed by atoms with Gasteiger partial charge in [-0.2, -0.15) is 0 Å². The number of hydrogen-bond donors (Lipinski definition) is 0. The van der Waals surface area contributed by atoms with Crippen molar-refractivity contribution in [1.82, 2.24) is 0 Å². The first-order valence-corrected chi connectivity index (χ1v) is 7.39. The first kappa shape index (κ1) is 16.3. The van der Waals surface area contributed by atoms with Crippen LogP contribution < -0.4 is 0 Å². The largest absolute Gasteiger partial charge is 0.543 e. The van der Waals surface area contributed by atoms with Crippen LogP contribution in [0.3, 0.4) is 0 Å². The number of benzene rings is 1. The van der Waals surface area contributed by atoms with Gasteiger partial charge in [-0.25, -0.2) is 14.5 Å². The molecule has 0 radical (unpaired) electrons. The van der Waals surface area contributed by atoms with Gasteiger partial charge in [0.15, 0.2) is 0 Å². The summed E-state index contributed by atoms with van der Waals surface area (Å²) in [7, 11) is 0. The lowest BCUT2D eigenvalue weighted by Crippen LogP contribution is -2.22. The van der Waals surface area contributed by atoms with E-state index >= 15 is 0 Å². The van der Waals surface area contributed by atoms with E-state index < -0.39 is 12.1 Å². The number of hydrogen-bond acceptors (Lipinski definition) is 6. The highest BCUT2D eigenvalue weighted by atomic mass is 17.5. The standard InChI is InChI=1S/C16H20O6/c1-11-8-9-14(12(2)10-11)15(17)20-22-21-16(18)19-13-6-4-3-5-7-13/h8-10,13H,3-7H2,1-2H3. The van der Waals surface area contributed by atoms with Crippen LogP contribution >= 0.6 is 0 Å². The molecule has 0 amide bonds. The van der Waals surface area contributed by atoms with Gasteiger partial charge in [0.05, 0.1) is 10.6 Å². The molecule has 0 unspecified atom stereocenters. The number of rotatable bonds is 4. The second kappa shape index (κ2) is 7.79. The van der Waals surface area contributed by atoms with Gasteiger partial charge >= 0.3 is 12.1 Å². The lowest BCUT2D eigenvalue weighted by atomic mass is 9.98. The molecule has 0 spiro atoms. The summed E-state index contributed by atoms with van der Waals surface area (Å²) in [5.41, 5.74) is 2.12. The van der Waals surface area contributed by atoms with Gasteiger partial charge in [-0.05, 0) is 51.2 Å². The third kappa shape index (κ3) is 4.73. The highest BCUT2D eigenvalue weighted by molar-refractivity contribution is 5.90. The fourth-order valence-electron chi connectivity index (χ4n) is 2.50. The molecule has 6 heteroatoms. The average Bonchev–Trinajstić information content (AvgIpc) is 2.48. The number of aryl methyl sites for hydroxylation is 2. The molecule has 0 saturated heterocycles. The van der Waals surface area contributed by atoms with E-state index in [0.717, 1.165) is 43.2 Å². The van der Waals surface area contributed by atoms with Crippen LogP contribution in [0.15, 0.2) is 18.2 Å². The van der Waals surface area contributed by atoms with Crippen molar-refractivity contribution in [3.05, 3.63) is 34.9 Å². The maximum Gasteiger partial charge on any atom is 0.543 e. The molecule has 0 aliphatic heterocycles. The van der Waals surface area contributed by atoms with Gasteiger partial charge in [0.25, 0.3) is 0 Å². The minimum absolute atomic E-state index is 0.153. The minimum Gasteiger partial charge on any atom is -0.429 e. The lowest BCUT2D eigenvalue weighted by molar-refractivity contribution is -0.453. The molecule has 1 fully saturated rings. The van der Waals surface area contributed by atoms with Crippen LogP contribution in [0.2, 0.25) is 0 Å². The van der Waals surface area contributed by atoms with Gasteiger partial charge in [-0.3, -0.25) is 4.89 Å². The van der Waals surface area contributed by atoms with E-state index in [4.69, 9.17) is 4.74 Å². The van der Waals surface area contributed by atoms with Crippen molar-refractivity contribution < 1.29 is 29.1 Å². The van der Waals surface area contributed by atoms with Gasteiger partial charge in [0.1, 0.15) is 6.10 Å². The smallest absolute Gasteiger partial charge is 0.429 e. The van der Waals surface area contributed by atoms with Crippen molar-refractivity contribution in [2.45, 2.75) is 52.1 Å². The summed E-state index contributed by atoms with van der Waals surface area (Å²) in [6.07, 6.45) is 3.69. The molecule has 0 bridgehead atoms. The van der Waals surface area contributed by atoms with Crippen LogP contribution in [0.25, 0.3) is 0 Å². The minimum atomic E-state index is -1.000. The molecule has 1 aliphatic carbocycles. The Hall–Kier alpha value is -2.08. The molecule has 6 nitrogen and oxygen atoms in total. The number of carbonyl (C=O) groups is 2. The van der Waals surface area contributed by atoms with Crippen LogP contribution in [0.1, 0.15) is 53.6 Å². The maximum atomic E-state index is 11.8. The Morgan fingerprint density at radius 3 is 2.45 bits per heavy atom. The van der Waals surface area contributed by atoms with Gasteiger partial charge < -0.3 is 4.74 Å². The molecule has 1 aromatic rings. The Labute approximate surface area is 129 Å². The molecule has 2 rings (SSSR count). The van der Waals surface area contributed by atoms with Gasteiger partial charge in [-0.15, -0.1) is 0 Å². The molecule has 1 aliphatic rings. The summed E-state index contributed by atoms with van der Waals surface area (Å²) >= 11 is 0. The fraction of sp³-hybridized carbons (Fsp3) is 0.500. The van der Waals surface area contributed by atoms with E-state index in [2.05, 4.69) is 14.8 Å².